The number of nitrogens with one attached hydrogen (secondary N) is 1. The SMILES string of the molecule is CCOC(=O)C(NCc1ccc(OC)c(-c2ccc(O)c3c2C[C@@]2(N)C[C@@]4(N)[C@H](N(C)C)C(=O)C(C(N)=O)=C(O)[C@@]4(C#N)C(=O)C2=C3O)c1)C(C)C. The molecule has 15 nitrogen and oxygen atoms in total. The number of likely N-dealkylation sites (N-methyl/N-ethyl adjacent to an activating group) is 1. The van der Waals surface area contributed by atoms with Crippen LogP contribution in [-0.2, 0) is 36.9 Å². The van der Waals surface area contributed by atoms with Crippen LogP contribution in [0, 0.1) is 22.7 Å². The summed E-state index contributed by atoms with van der Waals surface area (Å²) in [5.41, 5.74) is 13.1. The molecule has 0 aromatic heterocycles. The highest BCUT2D eigenvalue weighted by Crippen LogP contribution is 2.59. The minimum atomic E-state index is -2.76. The number of phenolic OH excluding ortho intramolecular Hbond substituents is 1. The number of aliphatic hydroxyl groups excluding tert-OH is 2. The van der Waals surface area contributed by atoms with Crippen LogP contribution >= 0.6 is 0 Å². The smallest absolute Gasteiger partial charge is 0.323 e. The maximum Gasteiger partial charge on any atom is 0.323 e. The van der Waals surface area contributed by atoms with Crippen LogP contribution in [-0.4, -0.2) is 94.6 Å². The van der Waals surface area contributed by atoms with E-state index in [0.29, 0.717) is 22.4 Å². The van der Waals surface area contributed by atoms with Gasteiger partial charge in [0, 0.05) is 12.1 Å². The molecule has 276 valence electrons. The number of esters is 1. The molecule has 3 aliphatic rings. The third kappa shape index (κ3) is 5.41. The van der Waals surface area contributed by atoms with Crippen molar-refractivity contribution in [3.63, 3.8) is 0 Å². The maximum atomic E-state index is 14.7. The number of aromatic hydroxyl groups is 1. The molecule has 5 rings (SSSR count). The summed E-state index contributed by atoms with van der Waals surface area (Å²) in [4.78, 5) is 54.8. The number of hydrogen-bond acceptors (Lipinski definition) is 14. The van der Waals surface area contributed by atoms with Crippen molar-refractivity contribution in [1.82, 2.24) is 10.2 Å². The van der Waals surface area contributed by atoms with Crippen molar-refractivity contribution in [2.45, 2.75) is 63.3 Å². The van der Waals surface area contributed by atoms with Crippen molar-refractivity contribution in [3.8, 4) is 28.7 Å². The molecule has 0 saturated heterocycles. The predicted octanol–water partition coefficient (Wildman–Crippen LogP) is 1.26. The first kappa shape index (κ1) is 38.0. The number of methoxy groups -OCH3 is 1. The Balaban J connectivity index is 1.71. The molecular formula is C37H44N6O9. The molecule has 15 heteroatoms. The molecule has 0 aliphatic heterocycles. The van der Waals surface area contributed by atoms with E-state index in [1.54, 1.807) is 25.1 Å². The van der Waals surface area contributed by atoms with E-state index in [2.05, 4.69) is 5.32 Å². The summed E-state index contributed by atoms with van der Waals surface area (Å²) in [6.45, 7) is 6.03. The van der Waals surface area contributed by atoms with Gasteiger partial charge in [0.1, 0.15) is 34.6 Å². The van der Waals surface area contributed by atoms with Crippen molar-refractivity contribution in [3.05, 3.63) is 63.9 Å². The Labute approximate surface area is 300 Å². The summed E-state index contributed by atoms with van der Waals surface area (Å²) >= 11 is 0. The standard InChI is InChI=1S/C37H44N6O9/c1-7-52-34(50)27(17(2)3)42-14-18-8-11-23(51-6)20(12-18)19-9-10-22(44)24-21(19)13-35(40)15-37(41)30(43(4)5)29(46)25(33(39)49)31(47)36(37,16-38)32(48)26(35)28(24)45/h8-12,17,27,30,42,44-45,47H,7,13-15,40-41H2,1-6H3,(H2,39,49)/t27?,30-,35-,36+,37-/m1/s1. The number of nitrogens with zero attached hydrogens (tertiary/aromatic N) is 2. The Morgan fingerprint density at radius 3 is 2.35 bits per heavy atom. The van der Waals surface area contributed by atoms with Crippen molar-refractivity contribution >= 4 is 29.2 Å². The molecule has 5 atom stereocenters. The fourth-order valence-electron chi connectivity index (χ4n) is 8.21. The van der Waals surface area contributed by atoms with Crippen LogP contribution < -0.4 is 27.3 Å². The number of hydrogen-bond donors (Lipinski definition) is 7. The lowest BCUT2D eigenvalue weighted by Gasteiger charge is -2.58. The van der Waals surface area contributed by atoms with Gasteiger partial charge in [-0.1, -0.05) is 26.0 Å². The van der Waals surface area contributed by atoms with Crippen molar-refractivity contribution in [2.24, 2.45) is 28.5 Å². The highest BCUT2D eigenvalue weighted by Gasteiger charge is 2.74. The molecule has 0 spiro atoms. The second-order valence-corrected chi connectivity index (χ2v) is 14.2. The normalized spacial score (nSPS) is 26.1. The van der Waals surface area contributed by atoms with E-state index >= 15 is 0 Å². The fourth-order valence-corrected chi connectivity index (χ4v) is 8.21. The third-order valence-corrected chi connectivity index (χ3v) is 10.4. The van der Waals surface area contributed by atoms with Gasteiger partial charge >= 0.3 is 5.97 Å². The number of nitriles is 1. The van der Waals surface area contributed by atoms with Crippen LogP contribution in [0.15, 0.2) is 47.2 Å². The van der Waals surface area contributed by atoms with Crippen molar-refractivity contribution in [1.29, 1.82) is 5.26 Å². The maximum absolute atomic E-state index is 14.7. The summed E-state index contributed by atoms with van der Waals surface area (Å²) in [5, 5.41) is 48.4. The molecule has 0 heterocycles. The number of Topliss-reactive ketones (excluding diaryl/α,β-unsaturated/α-hetero) is 2. The van der Waals surface area contributed by atoms with Crippen molar-refractivity contribution < 1.29 is 44.0 Å². The zero-order valence-corrected chi connectivity index (χ0v) is 29.9. The van der Waals surface area contributed by atoms with Crippen LogP contribution in [0.3, 0.4) is 0 Å². The molecule has 0 bridgehead atoms. The van der Waals surface area contributed by atoms with Gasteiger partial charge in [-0.2, -0.15) is 5.26 Å². The Bertz CT molecular complexity index is 2000. The minimum absolute atomic E-state index is 0.0688. The summed E-state index contributed by atoms with van der Waals surface area (Å²) in [6, 6.07) is 7.93. The highest BCUT2D eigenvalue weighted by atomic mass is 16.5. The molecule has 1 unspecified atom stereocenters. The summed E-state index contributed by atoms with van der Waals surface area (Å²) < 4.78 is 10.9. The molecule has 0 radical (unpaired) electrons. The number of ether oxygens (including phenoxy) is 2. The lowest BCUT2D eigenvalue weighted by molar-refractivity contribution is -0.147. The monoisotopic (exact) mass is 716 g/mol. The third-order valence-electron chi connectivity index (χ3n) is 10.4. The molecule has 10 N–H and O–H groups in total. The van der Waals surface area contributed by atoms with Gasteiger partial charge in [0.15, 0.2) is 17.0 Å². The first-order valence-electron chi connectivity index (χ1n) is 16.7. The molecule has 1 saturated carbocycles. The van der Waals surface area contributed by atoms with Crippen LogP contribution in [0.1, 0.15) is 43.9 Å². The number of amides is 1. The topological polar surface area (TPSA) is 265 Å². The number of nitrogens with two attached hydrogens (primary N) is 3. The molecule has 2 aromatic carbocycles. The van der Waals surface area contributed by atoms with Crippen LogP contribution in [0.5, 0.6) is 11.5 Å². The Morgan fingerprint density at radius 2 is 1.79 bits per heavy atom. The Hall–Kier alpha value is -5.27. The van der Waals surface area contributed by atoms with E-state index in [1.165, 1.54) is 32.2 Å². The first-order valence-corrected chi connectivity index (χ1v) is 16.7. The number of carbonyl (C=O) groups excluding carboxylic acids is 4. The van der Waals surface area contributed by atoms with E-state index in [9.17, 15) is 39.8 Å². The summed E-state index contributed by atoms with van der Waals surface area (Å²) in [5.74, 6) is -6.03. The van der Waals surface area contributed by atoms with Gasteiger partial charge in [-0.25, -0.2) is 0 Å². The van der Waals surface area contributed by atoms with Crippen LogP contribution in [0.2, 0.25) is 0 Å². The fraction of sp³-hybridized carbons (Fsp3) is 0.432. The summed E-state index contributed by atoms with van der Waals surface area (Å²) in [6.07, 6.45) is -0.744. The number of primary amides is 1. The Morgan fingerprint density at radius 1 is 1.12 bits per heavy atom. The highest BCUT2D eigenvalue weighted by molar-refractivity contribution is 6.25. The average Bonchev–Trinajstić information content (AvgIpc) is 3.04. The largest absolute Gasteiger partial charge is 0.509 e. The van der Waals surface area contributed by atoms with Gasteiger partial charge < -0.3 is 47.3 Å². The van der Waals surface area contributed by atoms with E-state index in [4.69, 9.17) is 26.7 Å². The zero-order chi connectivity index (χ0) is 38.7. The van der Waals surface area contributed by atoms with Crippen LogP contribution in [0.4, 0.5) is 0 Å². The quantitative estimate of drug-likeness (QED) is 0.135. The van der Waals surface area contributed by atoms with Gasteiger partial charge in [0.25, 0.3) is 5.91 Å². The first-order chi connectivity index (χ1) is 24.4. The van der Waals surface area contributed by atoms with E-state index < -0.39 is 80.9 Å². The number of phenols is 1. The summed E-state index contributed by atoms with van der Waals surface area (Å²) in [7, 11) is 4.38. The second-order valence-electron chi connectivity index (χ2n) is 14.2. The minimum Gasteiger partial charge on any atom is -0.509 e. The van der Waals surface area contributed by atoms with Gasteiger partial charge in [-0.05, 0) is 74.7 Å². The lowest BCUT2D eigenvalue weighted by Crippen LogP contribution is -2.80. The number of fused-ring (bicyclic) bond motifs is 3. The van der Waals surface area contributed by atoms with E-state index in [1.807, 2.05) is 26.0 Å². The second kappa shape index (κ2) is 13.4. The number of aliphatic hydroxyl groups is 2. The number of ketones is 2. The number of benzene rings is 2. The van der Waals surface area contributed by atoms with Gasteiger partial charge in [-0.15, -0.1) is 0 Å². The molecule has 1 amide bonds. The van der Waals surface area contributed by atoms with Gasteiger partial charge in [-0.3, -0.25) is 24.1 Å². The number of carbonyl (C=O) groups is 4. The Kier molecular flexibility index (Phi) is 9.76. The number of rotatable bonds is 10. The van der Waals surface area contributed by atoms with Gasteiger partial charge in [0.2, 0.25) is 0 Å². The average molecular weight is 717 g/mol. The molecule has 1 fully saturated rings. The lowest BCUT2D eigenvalue weighted by atomic mass is 9.47. The molecule has 52 heavy (non-hydrogen) atoms. The van der Waals surface area contributed by atoms with E-state index in [-0.39, 0.29) is 37.0 Å². The van der Waals surface area contributed by atoms with E-state index in [0.717, 1.165) is 5.56 Å². The molecule has 2 aromatic rings. The van der Waals surface area contributed by atoms with Crippen molar-refractivity contribution in [2.75, 3.05) is 27.8 Å². The van der Waals surface area contributed by atoms with Crippen LogP contribution in [0.25, 0.3) is 16.9 Å². The molecular weight excluding hydrogens is 672 g/mol. The zero-order valence-electron chi connectivity index (χ0n) is 29.9. The van der Waals surface area contributed by atoms with Gasteiger partial charge in [0.05, 0.1) is 48.0 Å². The predicted molar refractivity (Wildman–Crippen MR) is 188 cm³/mol. The molecule has 3 aliphatic carbocycles.